The Bertz CT molecular complexity index is 710. The van der Waals surface area contributed by atoms with Crippen molar-refractivity contribution in [3.8, 4) is 5.75 Å². The fourth-order valence-corrected chi connectivity index (χ4v) is 2.38. The third-order valence-corrected chi connectivity index (χ3v) is 3.52. The summed E-state index contributed by atoms with van der Waals surface area (Å²) in [5.41, 5.74) is 1.71. The first-order valence-electron chi connectivity index (χ1n) is 6.60. The molecule has 5 heteroatoms. The number of carbonyl (C=O) groups excluding carboxylic acids is 2. The number of nitrogens with zero attached hydrogens (tertiary/aromatic N) is 1. The molecule has 2 amide bonds. The largest absolute Gasteiger partial charge is 0.508 e. The molecule has 106 valence electrons. The first-order valence-corrected chi connectivity index (χ1v) is 6.60. The number of aromatic hydroxyl groups is 1. The molecule has 0 aliphatic carbocycles. The van der Waals surface area contributed by atoms with Gasteiger partial charge in [0.1, 0.15) is 11.8 Å². The van der Waals surface area contributed by atoms with Crippen LogP contribution >= 0.6 is 0 Å². The molecule has 0 aromatic heterocycles. The molecule has 2 N–H and O–H groups in total. The molecule has 3 rings (SSSR count). The van der Waals surface area contributed by atoms with E-state index in [1.165, 1.54) is 17.0 Å². The van der Waals surface area contributed by atoms with E-state index in [1.54, 1.807) is 37.3 Å². The summed E-state index contributed by atoms with van der Waals surface area (Å²) in [5.74, 6) is -0.401. The minimum Gasteiger partial charge on any atom is -0.508 e. The minimum atomic E-state index is -0.596. The molecule has 0 bridgehead atoms. The molecule has 0 fully saturated rings. The van der Waals surface area contributed by atoms with Crippen molar-refractivity contribution in [1.29, 1.82) is 0 Å². The zero-order valence-electron chi connectivity index (χ0n) is 11.4. The highest BCUT2D eigenvalue weighted by Crippen LogP contribution is 2.32. The molecule has 0 spiro atoms. The Kier molecular flexibility index (Phi) is 3.10. The Morgan fingerprint density at radius 1 is 1.14 bits per heavy atom. The molecule has 1 heterocycles. The smallest absolute Gasteiger partial charge is 0.259 e. The van der Waals surface area contributed by atoms with Crippen molar-refractivity contribution in [2.45, 2.75) is 13.0 Å². The first-order chi connectivity index (χ1) is 10.1. The zero-order valence-corrected chi connectivity index (χ0v) is 11.4. The van der Waals surface area contributed by atoms with Crippen molar-refractivity contribution in [3.05, 3.63) is 54.1 Å². The van der Waals surface area contributed by atoms with Gasteiger partial charge in [-0.25, -0.2) is 0 Å². The molecule has 0 radical (unpaired) electrons. The lowest BCUT2D eigenvalue weighted by Crippen LogP contribution is -2.49. The quantitative estimate of drug-likeness (QED) is 0.843. The molecule has 2 aromatic carbocycles. The van der Waals surface area contributed by atoms with Crippen LogP contribution in [0, 0.1) is 0 Å². The summed E-state index contributed by atoms with van der Waals surface area (Å²) in [4.78, 5) is 26.2. The number of fused-ring (bicyclic) bond motifs is 1. The van der Waals surface area contributed by atoms with Gasteiger partial charge in [0.2, 0.25) is 5.91 Å². The third kappa shape index (κ3) is 2.23. The Labute approximate surface area is 121 Å². The van der Waals surface area contributed by atoms with Crippen LogP contribution in [0.25, 0.3) is 0 Å². The van der Waals surface area contributed by atoms with E-state index in [9.17, 15) is 14.7 Å². The van der Waals surface area contributed by atoms with Crippen molar-refractivity contribution in [1.82, 2.24) is 0 Å². The topological polar surface area (TPSA) is 69.6 Å². The van der Waals surface area contributed by atoms with Gasteiger partial charge in [0.05, 0.1) is 11.4 Å². The molecule has 1 aliphatic rings. The SMILES string of the molecule is C[C@H]1C(=O)Nc2ccccc2N1C(=O)c1ccc(O)cc1. The number of amides is 2. The number of rotatable bonds is 1. The maximum Gasteiger partial charge on any atom is 0.259 e. The van der Waals surface area contributed by atoms with Gasteiger partial charge in [0, 0.05) is 5.56 Å². The Morgan fingerprint density at radius 2 is 1.81 bits per heavy atom. The number of anilines is 2. The Balaban J connectivity index is 2.05. The second-order valence-electron chi connectivity index (χ2n) is 4.90. The van der Waals surface area contributed by atoms with Crippen LogP contribution in [0.4, 0.5) is 11.4 Å². The number of carbonyl (C=O) groups is 2. The van der Waals surface area contributed by atoms with Crippen LogP contribution in [-0.4, -0.2) is 23.0 Å². The summed E-state index contributed by atoms with van der Waals surface area (Å²) in [5, 5.41) is 12.1. The fraction of sp³-hybridized carbons (Fsp3) is 0.125. The van der Waals surface area contributed by atoms with Crippen LogP contribution in [0.1, 0.15) is 17.3 Å². The van der Waals surface area contributed by atoms with Crippen molar-refractivity contribution < 1.29 is 14.7 Å². The van der Waals surface area contributed by atoms with E-state index in [0.717, 1.165) is 0 Å². The second-order valence-corrected chi connectivity index (χ2v) is 4.90. The van der Waals surface area contributed by atoms with Crippen molar-refractivity contribution >= 4 is 23.2 Å². The van der Waals surface area contributed by atoms with Crippen LogP contribution in [-0.2, 0) is 4.79 Å². The van der Waals surface area contributed by atoms with Crippen LogP contribution in [0.2, 0.25) is 0 Å². The fourth-order valence-electron chi connectivity index (χ4n) is 2.38. The molecular formula is C16H14N2O3. The van der Waals surface area contributed by atoms with Crippen molar-refractivity contribution in [2.75, 3.05) is 10.2 Å². The van der Waals surface area contributed by atoms with Crippen LogP contribution in [0.3, 0.4) is 0 Å². The highest BCUT2D eigenvalue weighted by molar-refractivity contribution is 6.16. The zero-order chi connectivity index (χ0) is 15.0. The lowest BCUT2D eigenvalue weighted by atomic mass is 10.1. The van der Waals surface area contributed by atoms with Gasteiger partial charge in [-0.15, -0.1) is 0 Å². The van der Waals surface area contributed by atoms with Gasteiger partial charge in [-0.1, -0.05) is 12.1 Å². The summed E-state index contributed by atoms with van der Waals surface area (Å²) in [6.07, 6.45) is 0. The van der Waals surface area contributed by atoms with Crippen LogP contribution in [0.5, 0.6) is 5.75 Å². The van der Waals surface area contributed by atoms with Gasteiger partial charge >= 0.3 is 0 Å². The number of para-hydroxylation sites is 2. The van der Waals surface area contributed by atoms with Gasteiger partial charge in [-0.3, -0.25) is 14.5 Å². The number of hydrogen-bond acceptors (Lipinski definition) is 3. The summed E-state index contributed by atoms with van der Waals surface area (Å²) < 4.78 is 0. The monoisotopic (exact) mass is 282 g/mol. The summed E-state index contributed by atoms with van der Waals surface area (Å²) >= 11 is 0. The molecule has 0 saturated carbocycles. The van der Waals surface area contributed by atoms with Gasteiger partial charge in [-0.2, -0.15) is 0 Å². The normalized spacial score (nSPS) is 17.1. The third-order valence-electron chi connectivity index (χ3n) is 3.52. The summed E-state index contributed by atoms with van der Waals surface area (Å²) in [7, 11) is 0. The van der Waals surface area contributed by atoms with E-state index in [4.69, 9.17) is 0 Å². The minimum absolute atomic E-state index is 0.0939. The molecule has 1 atom stereocenters. The van der Waals surface area contributed by atoms with E-state index < -0.39 is 6.04 Å². The molecule has 0 saturated heterocycles. The van der Waals surface area contributed by atoms with Crippen LogP contribution in [0.15, 0.2) is 48.5 Å². The predicted octanol–water partition coefficient (Wildman–Crippen LogP) is 2.38. The predicted molar refractivity (Wildman–Crippen MR) is 79.5 cm³/mol. The summed E-state index contributed by atoms with van der Waals surface area (Å²) in [6.45, 7) is 1.68. The van der Waals surface area contributed by atoms with Gasteiger partial charge in [-0.05, 0) is 43.3 Å². The number of nitrogens with one attached hydrogen (secondary N) is 1. The van der Waals surface area contributed by atoms with Crippen molar-refractivity contribution in [2.24, 2.45) is 0 Å². The van der Waals surface area contributed by atoms with Crippen LogP contribution < -0.4 is 10.2 Å². The number of benzene rings is 2. The van der Waals surface area contributed by atoms with Crippen molar-refractivity contribution in [3.63, 3.8) is 0 Å². The van der Waals surface area contributed by atoms with E-state index in [0.29, 0.717) is 16.9 Å². The maximum atomic E-state index is 12.7. The summed E-state index contributed by atoms with van der Waals surface area (Å²) in [6, 6.07) is 12.6. The molecule has 2 aromatic rings. The average Bonchev–Trinajstić information content (AvgIpc) is 2.49. The highest BCUT2D eigenvalue weighted by Gasteiger charge is 2.33. The van der Waals surface area contributed by atoms with Gasteiger partial charge < -0.3 is 10.4 Å². The highest BCUT2D eigenvalue weighted by atomic mass is 16.3. The molecular weight excluding hydrogens is 268 g/mol. The molecule has 1 aliphatic heterocycles. The van der Waals surface area contributed by atoms with E-state index in [-0.39, 0.29) is 17.6 Å². The Hall–Kier alpha value is -2.82. The molecule has 5 nitrogen and oxygen atoms in total. The van der Waals surface area contributed by atoms with E-state index >= 15 is 0 Å². The van der Waals surface area contributed by atoms with E-state index in [2.05, 4.69) is 5.32 Å². The lowest BCUT2D eigenvalue weighted by molar-refractivity contribution is -0.117. The number of hydrogen-bond donors (Lipinski definition) is 2. The number of phenols is 1. The molecule has 21 heavy (non-hydrogen) atoms. The van der Waals surface area contributed by atoms with Gasteiger partial charge in [0.15, 0.2) is 0 Å². The average molecular weight is 282 g/mol. The standard InChI is InChI=1S/C16H14N2O3/c1-10-15(20)17-13-4-2-3-5-14(13)18(10)16(21)11-6-8-12(19)9-7-11/h2-10,19H,1H3,(H,17,20)/t10-/m0/s1. The van der Waals surface area contributed by atoms with E-state index in [1.807, 2.05) is 6.07 Å². The maximum absolute atomic E-state index is 12.7. The van der Waals surface area contributed by atoms with Gasteiger partial charge in [0.25, 0.3) is 5.91 Å². The Morgan fingerprint density at radius 3 is 2.52 bits per heavy atom. The first kappa shape index (κ1) is 13.2. The lowest BCUT2D eigenvalue weighted by Gasteiger charge is -2.34. The number of phenolic OH excluding ortho intramolecular Hbond substituents is 1. The molecule has 0 unspecified atom stereocenters. The second kappa shape index (κ2) is 4.94.